The number of carbonyl (C=O) groups is 2. The molecule has 1 saturated carbocycles. The summed E-state index contributed by atoms with van der Waals surface area (Å²) >= 11 is 12.7. The molecule has 1 unspecified atom stereocenters. The molecule has 0 saturated heterocycles. The number of aryl methyl sites for hydroxylation is 1. The highest BCUT2D eigenvalue weighted by molar-refractivity contribution is 6.36. The second-order valence-corrected chi connectivity index (χ2v) is 8.87. The zero-order chi connectivity index (χ0) is 21.7. The van der Waals surface area contributed by atoms with Gasteiger partial charge in [-0.25, -0.2) is 0 Å². The summed E-state index contributed by atoms with van der Waals surface area (Å²) in [5.74, 6) is -0.270. The van der Waals surface area contributed by atoms with Crippen LogP contribution in [0.25, 0.3) is 0 Å². The Labute approximate surface area is 188 Å². The van der Waals surface area contributed by atoms with Crippen molar-refractivity contribution in [1.82, 2.24) is 10.2 Å². The van der Waals surface area contributed by atoms with Crippen molar-refractivity contribution in [2.75, 3.05) is 0 Å². The summed E-state index contributed by atoms with van der Waals surface area (Å²) in [5.41, 5.74) is 2.66. The van der Waals surface area contributed by atoms with Crippen molar-refractivity contribution < 1.29 is 9.59 Å². The molecule has 0 aliphatic heterocycles. The third-order valence-corrected chi connectivity index (χ3v) is 6.41. The number of hydrogen-bond acceptors (Lipinski definition) is 2. The van der Waals surface area contributed by atoms with Gasteiger partial charge >= 0.3 is 0 Å². The lowest BCUT2D eigenvalue weighted by Gasteiger charge is -2.30. The molecular weight excluding hydrogens is 419 g/mol. The highest BCUT2D eigenvalue weighted by atomic mass is 35.5. The van der Waals surface area contributed by atoms with Crippen LogP contribution in [0.2, 0.25) is 10.0 Å². The van der Waals surface area contributed by atoms with Gasteiger partial charge in [-0.3, -0.25) is 9.59 Å². The van der Waals surface area contributed by atoms with Crippen LogP contribution < -0.4 is 5.32 Å². The van der Waals surface area contributed by atoms with E-state index in [-0.39, 0.29) is 30.8 Å². The van der Waals surface area contributed by atoms with Gasteiger partial charge in [0, 0.05) is 28.2 Å². The molecule has 0 radical (unpaired) electrons. The van der Waals surface area contributed by atoms with Crippen molar-refractivity contribution in [2.45, 2.75) is 64.6 Å². The molecule has 1 fully saturated rings. The molecule has 1 atom stereocenters. The molecule has 1 N–H and O–H groups in total. The number of carbonyl (C=O) groups excluding carboxylic acids is 2. The van der Waals surface area contributed by atoms with Gasteiger partial charge < -0.3 is 10.2 Å². The van der Waals surface area contributed by atoms with Gasteiger partial charge in [0.2, 0.25) is 11.8 Å². The van der Waals surface area contributed by atoms with Crippen molar-refractivity contribution >= 4 is 35.0 Å². The zero-order valence-corrected chi connectivity index (χ0v) is 19.0. The monoisotopic (exact) mass is 446 g/mol. The predicted molar refractivity (Wildman–Crippen MR) is 122 cm³/mol. The van der Waals surface area contributed by atoms with Crippen LogP contribution in [0.15, 0.2) is 42.5 Å². The van der Waals surface area contributed by atoms with Gasteiger partial charge in [0.1, 0.15) is 6.04 Å². The fourth-order valence-corrected chi connectivity index (χ4v) is 4.44. The molecule has 0 aromatic heterocycles. The smallest absolute Gasteiger partial charge is 0.242 e. The van der Waals surface area contributed by atoms with Gasteiger partial charge in [0.15, 0.2) is 0 Å². The highest BCUT2D eigenvalue weighted by Gasteiger charge is 2.29. The highest BCUT2D eigenvalue weighted by Crippen LogP contribution is 2.27. The van der Waals surface area contributed by atoms with Crippen LogP contribution in [0.3, 0.4) is 0 Å². The first-order valence-electron chi connectivity index (χ1n) is 10.4. The Morgan fingerprint density at radius 3 is 2.37 bits per heavy atom. The fraction of sp³-hybridized carbons (Fsp3) is 0.417. The Balaban J connectivity index is 1.83. The summed E-state index contributed by atoms with van der Waals surface area (Å²) in [7, 11) is 0. The average Bonchev–Trinajstić information content (AvgIpc) is 3.20. The third-order valence-electron chi connectivity index (χ3n) is 5.70. The first-order chi connectivity index (χ1) is 14.3. The summed E-state index contributed by atoms with van der Waals surface area (Å²) in [4.78, 5) is 27.8. The molecule has 0 bridgehead atoms. The zero-order valence-electron chi connectivity index (χ0n) is 17.5. The minimum absolute atomic E-state index is 0.134. The van der Waals surface area contributed by atoms with E-state index < -0.39 is 6.04 Å². The topological polar surface area (TPSA) is 49.4 Å². The molecule has 4 nitrogen and oxygen atoms in total. The van der Waals surface area contributed by atoms with E-state index in [1.54, 1.807) is 30.0 Å². The Kier molecular flexibility index (Phi) is 7.79. The molecule has 1 aliphatic rings. The van der Waals surface area contributed by atoms with Gasteiger partial charge in [-0.1, -0.05) is 71.9 Å². The summed E-state index contributed by atoms with van der Waals surface area (Å²) in [6.45, 7) is 3.94. The standard InChI is InChI=1S/C24H28Cl2N2O2/c1-16-7-5-8-18(13-16)14-23(29)28(15-20-21(25)11-6-12-22(20)26)17(2)24(30)27-19-9-3-4-10-19/h5-8,11-13,17,19H,3-4,9-10,14-15H2,1-2H3,(H,27,30). The fourth-order valence-electron chi connectivity index (χ4n) is 3.93. The first-order valence-corrected chi connectivity index (χ1v) is 11.2. The molecule has 1 aliphatic carbocycles. The van der Waals surface area contributed by atoms with Crippen molar-refractivity contribution in [3.05, 3.63) is 69.2 Å². The average molecular weight is 447 g/mol. The summed E-state index contributed by atoms with van der Waals surface area (Å²) in [6.07, 6.45) is 4.46. The van der Waals surface area contributed by atoms with E-state index >= 15 is 0 Å². The van der Waals surface area contributed by atoms with Crippen molar-refractivity contribution in [1.29, 1.82) is 0 Å². The number of amides is 2. The number of nitrogens with one attached hydrogen (secondary N) is 1. The Morgan fingerprint density at radius 2 is 1.73 bits per heavy atom. The van der Waals surface area contributed by atoms with Crippen LogP contribution in [-0.2, 0) is 22.6 Å². The van der Waals surface area contributed by atoms with E-state index in [1.807, 2.05) is 31.2 Å². The predicted octanol–water partition coefficient (Wildman–Crippen LogP) is 5.32. The Hall–Kier alpha value is -2.04. The maximum absolute atomic E-state index is 13.3. The van der Waals surface area contributed by atoms with E-state index in [2.05, 4.69) is 5.32 Å². The minimum Gasteiger partial charge on any atom is -0.352 e. The summed E-state index contributed by atoms with van der Waals surface area (Å²) < 4.78 is 0. The van der Waals surface area contributed by atoms with Gasteiger partial charge in [0.25, 0.3) is 0 Å². The normalized spacial score (nSPS) is 15.1. The van der Waals surface area contributed by atoms with Gasteiger partial charge in [-0.15, -0.1) is 0 Å². The first kappa shape index (κ1) is 22.6. The molecule has 2 aromatic carbocycles. The molecule has 0 spiro atoms. The van der Waals surface area contributed by atoms with Crippen LogP contribution in [0.5, 0.6) is 0 Å². The molecule has 0 heterocycles. The van der Waals surface area contributed by atoms with Crippen LogP contribution in [-0.4, -0.2) is 28.8 Å². The lowest BCUT2D eigenvalue weighted by molar-refractivity contribution is -0.140. The van der Waals surface area contributed by atoms with Crippen LogP contribution in [0.4, 0.5) is 0 Å². The Morgan fingerprint density at radius 1 is 1.10 bits per heavy atom. The Bertz CT molecular complexity index is 890. The number of halogens is 2. The number of hydrogen-bond donors (Lipinski definition) is 1. The second-order valence-electron chi connectivity index (χ2n) is 8.05. The van der Waals surface area contributed by atoms with Crippen molar-refractivity contribution in [3.63, 3.8) is 0 Å². The van der Waals surface area contributed by atoms with Crippen molar-refractivity contribution in [3.8, 4) is 0 Å². The molecule has 3 rings (SSSR count). The minimum atomic E-state index is -0.629. The van der Waals surface area contributed by atoms with Gasteiger partial charge in [-0.05, 0) is 44.4 Å². The van der Waals surface area contributed by atoms with Crippen LogP contribution in [0.1, 0.15) is 49.3 Å². The summed E-state index contributed by atoms with van der Waals surface area (Å²) in [5, 5.41) is 4.07. The maximum atomic E-state index is 13.3. The molecule has 160 valence electrons. The van der Waals surface area contributed by atoms with Gasteiger partial charge in [-0.2, -0.15) is 0 Å². The van der Waals surface area contributed by atoms with E-state index in [4.69, 9.17) is 23.2 Å². The number of nitrogens with zero attached hydrogens (tertiary/aromatic N) is 1. The second kappa shape index (κ2) is 10.3. The quantitative estimate of drug-likeness (QED) is 0.625. The summed E-state index contributed by atoms with van der Waals surface area (Å²) in [6, 6.07) is 12.7. The number of rotatable bonds is 7. The van der Waals surface area contributed by atoms with Crippen LogP contribution >= 0.6 is 23.2 Å². The van der Waals surface area contributed by atoms with E-state index in [9.17, 15) is 9.59 Å². The molecular formula is C24H28Cl2N2O2. The molecule has 2 amide bonds. The van der Waals surface area contributed by atoms with Gasteiger partial charge in [0.05, 0.1) is 6.42 Å². The lowest BCUT2D eigenvalue weighted by Crippen LogP contribution is -2.50. The van der Waals surface area contributed by atoms with E-state index in [0.29, 0.717) is 15.6 Å². The van der Waals surface area contributed by atoms with E-state index in [0.717, 1.165) is 36.8 Å². The van der Waals surface area contributed by atoms with Crippen molar-refractivity contribution in [2.24, 2.45) is 0 Å². The lowest BCUT2D eigenvalue weighted by atomic mass is 10.1. The maximum Gasteiger partial charge on any atom is 0.242 e. The van der Waals surface area contributed by atoms with Crippen LogP contribution in [0, 0.1) is 6.92 Å². The number of benzene rings is 2. The molecule has 2 aromatic rings. The largest absolute Gasteiger partial charge is 0.352 e. The molecule has 30 heavy (non-hydrogen) atoms. The SMILES string of the molecule is Cc1cccc(CC(=O)N(Cc2c(Cl)cccc2Cl)C(C)C(=O)NC2CCCC2)c1. The van der Waals surface area contributed by atoms with E-state index in [1.165, 1.54) is 0 Å². The molecule has 6 heteroatoms. The third kappa shape index (κ3) is 5.77.